The molecule has 2 aromatic rings. The van der Waals surface area contributed by atoms with Gasteiger partial charge in [-0.15, -0.1) is 0 Å². The van der Waals surface area contributed by atoms with Gasteiger partial charge < -0.3 is 25.4 Å². The van der Waals surface area contributed by atoms with Crippen LogP contribution in [0.5, 0.6) is 11.5 Å². The largest absolute Gasteiger partial charge is 0.506 e. The number of aryl methyl sites for hydroxylation is 1. The summed E-state index contributed by atoms with van der Waals surface area (Å²) in [6.07, 6.45) is 7.40. The Labute approximate surface area is 237 Å². The Hall–Kier alpha value is -3.20. The molecule has 9 heteroatoms. The summed E-state index contributed by atoms with van der Waals surface area (Å²) in [5.41, 5.74) is 1.87. The molecule has 0 spiro atoms. The number of hydrogen-bond donors (Lipinski definition) is 3. The van der Waals surface area contributed by atoms with Crippen LogP contribution in [-0.4, -0.2) is 54.1 Å². The molecular formula is C31H45F2N3O4. The summed E-state index contributed by atoms with van der Waals surface area (Å²) >= 11 is 0. The van der Waals surface area contributed by atoms with Crippen LogP contribution in [0.15, 0.2) is 30.3 Å². The molecule has 0 aromatic heterocycles. The molecule has 0 radical (unpaired) electrons. The molecule has 3 rings (SSSR count). The Morgan fingerprint density at radius 3 is 2.58 bits per heavy atom. The molecule has 1 heterocycles. The molecular weight excluding hydrogens is 516 g/mol. The Morgan fingerprint density at radius 2 is 1.85 bits per heavy atom. The first-order valence-electron chi connectivity index (χ1n) is 14.0. The van der Waals surface area contributed by atoms with Gasteiger partial charge in [0.05, 0.1) is 0 Å². The number of phenols is 1. The predicted molar refractivity (Wildman–Crippen MR) is 155 cm³/mol. The van der Waals surface area contributed by atoms with E-state index in [0.29, 0.717) is 49.5 Å². The molecule has 0 bridgehead atoms. The van der Waals surface area contributed by atoms with Crippen molar-refractivity contribution in [3.63, 3.8) is 0 Å². The number of unbranched alkanes of at least 4 members (excludes halogenated alkanes) is 3. The predicted octanol–water partition coefficient (Wildman–Crippen LogP) is 5.98. The molecule has 0 aliphatic carbocycles. The van der Waals surface area contributed by atoms with E-state index >= 15 is 0 Å². The topological polar surface area (TPSA) is 90.9 Å². The van der Waals surface area contributed by atoms with Gasteiger partial charge in [-0.2, -0.15) is 0 Å². The van der Waals surface area contributed by atoms with E-state index in [9.17, 15) is 23.5 Å². The average Bonchev–Trinajstić information content (AvgIpc) is 2.89. The minimum absolute atomic E-state index is 0. The van der Waals surface area contributed by atoms with Crippen molar-refractivity contribution >= 4 is 17.5 Å². The van der Waals surface area contributed by atoms with Crippen LogP contribution in [-0.2, 0) is 22.4 Å². The van der Waals surface area contributed by atoms with E-state index in [4.69, 9.17) is 4.74 Å². The van der Waals surface area contributed by atoms with Crippen LogP contribution in [0.2, 0.25) is 0 Å². The third-order valence-electron chi connectivity index (χ3n) is 7.03. The van der Waals surface area contributed by atoms with Gasteiger partial charge in [0.15, 0.2) is 12.4 Å². The highest BCUT2D eigenvalue weighted by Crippen LogP contribution is 2.39. The van der Waals surface area contributed by atoms with Crippen LogP contribution in [0.4, 0.5) is 14.5 Å². The molecule has 2 aromatic carbocycles. The number of ether oxygens (including phenoxy) is 1. The molecule has 0 saturated heterocycles. The molecule has 0 saturated carbocycles. The lowest BCUT2D eigenvalue weighted by molar-refractivity contribution is -0.133. The summed E-state index contributed by atoms with van der Waals surface area (Å²) in [5, 5.41) is 15.9. The number of carbonyl (C=O) groups excluding carboxylic acids is 2. The van der Waals surface area contributed by atoms with Gasteiger partial charge in [0.1, 0.15) is 23.1 Å². The lowest BCUT2D eigenvalue weighted by Gasteiger charge is -2.30. The van der Waals surface area contributed by atoms with Crippen LogP contribution in [0.3, 0.4) is 0 Å². The van der Waals surface area contributed by atoms with Crippen molar-refractivity contribution in [2.45, 2.75) is 85.1 Å². The van der Waals surface area contributed by atoms with Crippen molar-refractivity contribution in [2.75, 3.05) is 31.6 Å². The highest BCUT2D eigenvalue weighted by molar-refractivity contribution is 5.97. The van der Waals surface area contributed by atoms with Crippen molar-refractivity contribution in [3.8, 4) is 11.5 Å². The number of anilines is 1. The number of aromatic hydroxyl groups is 1. The van der Waals surface area contributed by atoms with Crippen LogP contribution in [0.1, 0.15) is 77.3 Å². The van der Waals surface area contributed by atoms with Crippen LogP contribution in [0, 0.1) is 11.6 Å². The fourth-order valence-corrected chi connectivity index (χ4v) is 4.88. The number of rotatable bonds is 16. The number of nitrogens with one attached hydrogen (secondary N) is 2. The third-order valence-corrected chi connectivity index (χ3v) is 7.03. The lowest BCUT2D eigenvalue weighted by atomic mass is 10.0. The number of phenolic OH excluding ortho intramolecular Hbond substituents is 1. The number of hydrogen-bond acceptors (Lipinski definition) is 5. The zero-order valence-corrected chi connectivity index (χ0v) is 23.0. The van der Waals surface area contributed by atoms with Crippen molar-refractivity contribution in [1.82, 2.24) is 10.2 Å². The highest BCUT2D eigenvalue weighted by Gasteiger charge is 2.23. The zero-order chi connectivity index (χ0) is 28.2. The molecule has 222 valence electrons. The van der Waals surface area contributed by atoms with E-state index in [2.05, 4.69) is 24.5 Å². The number of fused-ring (bicyclic) bond motifs is 1. The molecule has 0 unspecified atom stereocenters. The second-order valence-electron chi connectivity index (χ2n) is 10.2. The molecule has 2 amide bonds. The first-order chi connectivity index (χ1) is 18.8. The number of amides is 2. The SMILES string of the molecule is C.CCCC[C@@H](C)N(CCCCCc1ccc(O)c2c1OCC(=O)N2)C(=O)CCNCCc1cc(F)cc(F)c1. The summed E-state index contributed by atoms with van der Waals surface area (Å²) in [5.74, 6) is -0.806. The number of nitrogens with zero attached hydrogens (tertiary/aromatic N) is 1. The standard InChI is InChI=1S/C30H41F2N3O4.CH4/c1-3-4-8-21(2)35(28(38)13-15-33-14-12-22-17-24(31)19-25(32)18-22)16-7-5-6-9-23-10-11-26(36)29-30(23)39-20-27(37)34-29;/h10-11,17-19,21,33,36H,3-9,12-16,20H2,1-2H3,(H,34,37);1H4/t21-;/m1./s1. The van der Waals surface area contributed by atoms with Gasteiger partial charge in [0.2, 0.25) is 5.91 Å². The van der Waals surface area contributed by atoms with Crippen LogP contribution >= 0.6 is 0 Å². The van der Waals surface area contributed by atoms with Gasteiger partial charge in [-0.1, -0.05) is 39.7 Å². The van der Waals surface area contributed by atoms with E-state index in [0.717, 1.165) is 56.6 Å². The summed E-state index contributed by atoms with van der Waals surface area (Å²) in [7, 11) is 0. The van der Waals surface area contributed by atoms with Crippen LogP contribution in [0.25, 0.3) is 0 Å². The summed E-state index contributed by atoms with van der Waals surface area (Å²) in [4.78, 5) is 26.7. The van der Waals surface area contributed by atoms with Gasteiger partial charge in [0, 0.05) is 31.6 Å². The maximum atomic E-state index is 13.4. The van der Waals surface area contributed by atoms with E-state index < -0.39 is 11.6 Å². The second-order valence-corrected chi connectivity index (χ2v) is 10.2. The normalized spacial score (nSPS) is 13.1. The fourth-order valence-electron chi connectivity index (χ4n) is 4.88. The maximum absolute atomic E-state index is 13.4. The number of benzene rings is 2. The molecule has 1 aliphatic rings. The van der Waals surface area contributed by atoms with Gasteiger partial charge in [-0.3, -0.25) is 9.59 Å². The number of halogens is 2. The Kier molecular flexibility index (Phi) is 13.9. The molecule has 40 heavy (non-hydrogen) atoms. The molecule has 1 aliphatic heterocycles. The van der Waals surface area contributed by atoms with Crippen molar-refractivity contribution < 1.29 is 28.2 Å². The maximum Gasteiger partial charge on any atom is 0.262 e. The lowest BCUT2D eigenvalue weighted by Crippen LogP contribution is -2.40. The molecule has 0 fully saturated rings. The molecule has 7 nitrogen and oxygen atoms in total. The van der Waals surface area contributed by atoms with Crippen LogP contribution < -0.4 is 15.4 Å². The fraction of sp³-hybridized carbons (Fsp3) is 0.548. The first-order valence-corrected chi connectivity index (χ1v) is 14.0. The molecule has 3 N–H and O–H groups in total. The smallest absolute Gasteiger partial charge is 0.262 e. The number of carbonyl (C=O) groups is 2. The van der Waals surface area contributed by atoms with Crippen molar-refractivity contribution in [1.29, 1.82) is 0 Å². The van der Waals surface area contributed by atoms with Gasteiger partial charge in [-0.05, 0) is 74.9 Å². The highest BCUT2D eigenvalue weighted by atomic mass is 19.1. The quantitative estimate of drug-likeness (QED) is 0.173. The summed E-state index contributed by atoms with van der Waals surface area (Å²) < 4.78 is 32.3. The molecule has 1 atom stereocenters. The van der Waals surface area contributed by atoms with E-state index in [1.165, 1.54) is 12.1 Å². The van der Waals surface area contributed by atoms with Crippen molar-refractivity contribution in [2.24, 2.45) is 0 Å². The van der Waals surface area contributed by atoms with Gasteiger partial charge in [0.25, 0.3) is 5.91 Å². The minimum Gasteiger partial charge on any atom is -0.506 e. The van der Waals surface area contributed by atoms with E-state index in [-0.39, 0.29) is 37.6 Å². The van der Waals surface area contributed by atoms with Gasteiger partial charge in [-0.25, -0.2) is 8.78 Å². The Bertz CT molecular complexity index is 1090. The summed E-state index contributed by atoms with van der Waals surface area (Å²) in [6, 6.07) is 7.08. The van der Waals surface area contributed by atoms with Gasteiger partial charge >= 0.3 is 0 Å². The monoisotopic (exact) mass is 561 g/mol. The van der Waals surface area contributed by atoms with E-state index in [1.807, 2.05) is 11.0 Å². The Morgan fingerprint density at radius 1 is 1.10 bits per heavy atom. The average molecular weight is 562 g/mol. The van der Waals surface area contributed by atoms with E-state index in [1.54, 1.807) is 6.07 Å². The zero-order valence-electron chi connectivity index (χ0n) is 23.0. The minimum atomic E-state index is -0.582. The summed E-state index contributed by atoms with van der Waals surface area (Å²) in [6.45, 7) is 5.92. The first kappa shape index (κ1) is 33.0. The third kappa shape index (κ3) is 10.1. The van der Waals surface area contributed by atoms with Crippen molar-refractivity contribution in [3.05, 3.63) is 53.1 Å². The Balaban J connectivity index is 0.00000560. The second kappa shape index (κ2) is 16.8.